The van der Waals surface area contributed by atoms with Gasteiger partial charge in [-0.2, -0.15) is 0 Å². The summed E-state index contributed by atoms with van der Waals surface area (Å²) in [5.74, 6) is 0.452. The molecule has 1 aromatic carbocycles. The summed E-state index contributed by atoms with van der Waals surface area (Å²) in [6.07, 6.45) is 3.36. The molecule has 7 heteroatoms. The largest absolute Gasteiger partial charge is 0.440 e. The van der Waals surface area contributed by atoms with Crippen LogP contribution in [0.15, 0.2) is 22.6 Å². The summed E-state index contributed by atoms with van der Waals surface area (Å²) in [6, 6.07) is 5.24. The van der Waals surface area contributed by atoms with Crippen LogP contribution in [-0.4, -0.2) is 30.3 Å². The first-order valence-corrected chi connectivity index (χ1v) is 10.5. The van der Waals surface area contributed by atoms with Crippen molar-refractivity contribution in [2.45, 2.75) is 57.1 Å². The average Bonchev–Trinajstić information content (AvgIpc) is 3.22. The summed E-state index contributed by atoms with van der Waals surface area (Å²) in [4.78, 5) is 16.5. The molecule has 0 saturated heterocycles. The van der Waals surface area contributed by atoms with E-state index in [0.29, 0.717) is 22.7 Å². The van der Waals surface area contributed by atoms with Gasteiger partial charge in [0.05, 0.1) is 11.0 Å². The molecular formula is C18H24N2O4S. The van der Waals surface area contributed by atoms with Gasteiger partial charge in [-0.25, -0.2) is 13.4 Å². The molecule has 0 atom stereocenters. The Labute approximate surface area is 147 Å². The molecule has 0 aliphatic heterocycles. The van der Waals surface area contributed by atoms with Crippen molar-refractivity contribution in [3.8, 4) is 0 Å². The Balaban J connectivity index is 1.61. The maximum Gasteiger partial charge on any atom is 0.225 e. The standard InChI is InChI=1S/C18H24N2O4S/c1-12(2)18-20-15-11-13(7-8-16(15)24-18)19-17(21)9-10-25(22,23)14-5-3-4-6-14/h7-8,11-12,14H,3-6,9-10H2,1-2H3,(H,19,21). The number of fused-ring (bicyclic) bond motifs is 1. The van der Waals surface area contributed by atoms with Gasteiger partial charge in [0.25, 0.3) is 0 Å². The van der Waals surface area contributed by atoms with Crippen LogP contribution in [0.2, 0.25) is 0 Å². The molecule has 0 spiro atoms. The first kappa shape index (κ1) is 17.9. The Kier molecular flexibility index (Phi) is 5.13. The van der Waals surface area contributed by atoms with Gasteiger partial charge in [-0.1, -0.05) is 26.7 Å². The summed E-state index contributed by atoms with van der Waals surface area (Å²) in [5, 5.41) is 2.49. The van der Waals surface area contributed by atoms with Crippen molar-refractivity contribution in [3.63, 3.8) is 0 Å². The molecule has 0 unspecified atom stereocenters. The van der Waals surface area contributed by atoms with Gasteiger partial charge >= 0.3 is 0 Å². The number of anilines is 1. The van der Waals surface area contributed by atoms with Gasteiger partial charge < -0.3 is 9.73 Å². The number of carbonyl (C=O) groups is 1. The van der Waals surface area contributed by atoms with E-state index in [1.807, 2.05) is 13.8 Å². The molecule has 25 heavy (non-hydrogen) atoms. The van der Waals surface area contributed by atoms with Crippen molar-refractivity contribution in [3.05, 3.63) is 24.1 Å². The summed E-state index contributed by atoms with van der Waals surface area (Å²) >= 11 is 0. The van der Waals surface area contributed by atoms with Gasteiger partial charge in [-0.15, -0.1) is 0 Å². The fourth-order valence-corrected chi connectivity index (χ4v) is 5.00. The second kappa shape index (κ2) is 7.15. The lowest BCUT2D eigenvalue weighted by atomic mass is 10.2. The summed E-state index contributed by atoms with van der Waals surface area (Å²) in [5.41, 5.74) is 1.95. The Morgan fingerprint density at radius 1 is 1.32 bits per heavy atom. The quantitative estimate of drug-likeness (QED) is 0.845. The van der Waals surface area contributed by atoms with Crippen molar-refractivity contribution in [1.29, 1.82) is 0 Å². The minimum atomic E-state index is -3.18. The number of aromatic nitrogens is 1. The Hall–Kier alpha value is -1.89. The van der Waals surface area contributed by atoms with E-state index in [0.717, 1.165) is 25.7 Å². The van der Waals surface area contributed by atoms with Gasteiger partial charge in [-0.05, 0) is 31.0 Å². The second-order valence-electron chi connectivity index (χ2n) is 6.96. The lowest BCUT2D eigenvalue weighted by molar-refractivity contribution is -0.115. The lowest BCUT2D eigenvalue weighted by Crippen LogP contribution is -2.24. The summed E-state index contributed by atoms with van der Waals surface area (Å²) < 4.78 is 30.1. The van der Waals surface area contributed by atoms with Gasteiger partial charge in [0, 0.05) is 18.0 Å². The zero-order chi connectivity index (χ0) is 18.0. The van der Waals surface area contributed by atoms with Crippen molar-refractivity contribution >= 4 is 32.5 Å². The van der Waals surface area contributed by atoms with E-state index in [2.05, 4.69) is 10.3 Å². The highest BCUT2D eigenvalue weighted by atomic mass is 32.2. The Morgan fingerprint density at radius 2 is 2.04 bits per heavy atom. The summed E-state index contributed by atoms with van der Waals surface area (Å²) in [7, 11) is -3.18. The highest BCUT2D eigenvalue weighted by Gasteiger charge is 2.28. The molecular weight excluding hydrogens is 340 g/mol. The third kappa shape index (κ3) is 4.21. The number of amides is 1. The predicted molar refractivity (Wildman–Crippen MR) is 97.4 cm³/mol. The average molecular weight is 364 g/mol. The number of carbonyl (C=O) groups excluding carboxylic acids is 1. The van der Waals surface area contributed by atoms with Gasteiger partial charge in [0.15, 0.2) is 21.3 Å². The zero-order valence-electron chi connectivity index (χ0n) is 14.6. The molecule has 136 valence electrons. The van der Waals surface area contributed by atoms with Crippen LogP contribution < -0.4 is 5.32 Å². The first-order chi connectivity index (χ1) is 11.8. The number of oxazole rings is 1. The van der Waals surface area contributed by atoms with Gasteiger partial charge in [0.1, 0.15) is 5.52 Å². The van der Waals surface area contributed by atoms with Gasteiger partial charge in [-0.3, -0.25) is 4.79 Å². The molecule has 1 amide bonds. The van der Waals surface area contributed by atoms with Crippen LogP contribution in [0.1, 0.15) is 57.8 Å². The predicted octanol–water partition coefficient (Wildman–Crippen LogP) is 3.64. The number of rotatable bonds is 6. The molecule has 1 aliphatic carbocycles. The fraction of sp³-hybridized carbons (Fsp3) is 0.556. The fourth-order valence-electron chi connectivity index (χ4n) is 3.14. The molecule has 1 heterocycles. The highest BCUT2D eigenvalue weighted by molar-refractivity contribution is 7.92. The molecule has 3 rings (SSSR count). The summed E-state index contributed by atoms with van der Waals surface area (Å²) in [6.45, 7) is 4.00. The third-order valence-corrected chi connectivity index (χ3v) is 6.87. The zero-order valence-corrected chi connectivity index (χ0v) is 15.4. The first-order valence-electron chi connectivity index (χ1n) is 8.77. The van der Waals surface area contributed by atoms with Crippen molar-refractivity contribution < 1.29 is 17.6 Å². The number of nitrogens with one attached hydrogen (secondary N) is 1. The number of hydrogen-bond acceptors (Lipinski definition) is 5. The third-order valence-electron chi connectivity index (χ3n) is 4.61. The van der Waals surface area contributed by atoms with E-state index in [1.165, 1.54) is 0 Å². The van der Waals surface area contributed by atoms with Crippen LogP contribution in [0.3, 0.4) is 0 Å². The van der Waals surface area contributed by atoms with E-state index in [9.17, 15) is 13.2 Å². The van der Waals surface area contributed by atoms with E-state index >= 15 is 0 Å². The smallest absolute Gasteiger partial charge is 0.225 e. The topological polar surface area (TPSA) is 89.3 Å². The van der Waals surface area contributed by atoms with Crippen molar-refractivity contribution in [2.24, 2.45) is 0 Å². The minimum absolute atomic E-state index is 0.0209. The van der Waals surface area contributed by atoms with Crippen LogP contribution in [-0.2, 0) is 14.6 Å². The molecule has 1 N–H and O–H groups in total. The molecule has 2 aromatic rings. The van der Waals surface area contributed by atoms with Crippen LogP contribution in [0.25, 0.3) is 11.1 Å². The van der Waals surface area contributed by atoms with Crippen LogP contribution in [0, 0.1) is 0 Å². The molecule has 1 fully saturated rings. The highest BCUT2D eigenvalue weighted by Crippen LogP contribution is 2.26. The number of hydrogen-bond donors (Lipinski definition) is 1. The SMILES string of the molecule is CC(C)c1nc2cc(NC(=O)CCS(=O)(=O)C3CCCC3)ccc2o1. The maximum atomic E-state index is 12.2. The van der Waals surface area contributed by atoms with Crippen LogP contribution in [0.5, 0.6) is 0 Å². The molecule has 1 aromatic heterocycles. The Morgan fingerprint density at radius 3 is 2.72 bits per heavy atom. The van der Waals surface area contributed by atoms with Crippen molar-refractivity contribution in [1.82, 2.24) is 4.98 Å². The molecule has 1 saturated carbocycles. The van der Waals surface area contributed by atoms with E-state index in [4.69, 9.17) is 4.42 Å². The molecule has 0 radical (unpaired) electrons. The monoisotopic (exact) mass is 364 g/mol. The van der Waals surface area contributed by atoms with Crippen molar-refractivity contribution in [2.75, 3.05) is 11.1 Å². The number of benzene rings is 1. The molecule has 0 bridgehead atoms. The Bertz CT molecular complexity index is 864. The minimum Gasteiger partial charge on any atom is -0.440 e. The lowest BCUT2D eigenvalue weighted by Gasteiger charge is -2.11. The number of sulfone groups is 1. The molecule has 6 nitrogen and oxygen atoms in total. The van der Waals surface area contributed by atoms with Gasteiger partial charge in [0.2, 0.25) is 5.91 Å². The van der Waals surface area contributed by atoms with E-state index in [-0.39, 0.29) is 29.2 Å². The normalized spacial score (nSPS) is 16.0. The second-order valence-corrected chi connectivity index (χ2v) is 9.36. The number of nitrogens with zero attached hydrogens (tertiary/aromatic N) is 1. The maximum absolute atomic E-state index is 12.2. The van der Waals surface area contributed by atoms with Crippen LogP contribution in [0.4, 0.5) is 5.69 Å². The molecule has 1 aliphatic rings. The van der Waals surface area contributed by atoms with Crippen LogP contribution >= 0.6 is 0 Å². The van der Waals surface area contributed by atoms with E-state index < -0.39 is 9.84 Å². The van der Waals surface area contributed by atoms with E-state index in [1.54, 1.807) is 18.2 Å².